The molecule has 5 heteroatoms. The van der Waals surface area contributed by atoms with Crippen LogP contribution in [0.5, 0.6) is 0 Å². The highest BCUT2D eigenvalue weighted by molar-refractivity contribution is 5.82. The van der Waals surface area contributed by atoms with Crippen molar-refractivity contribution in [3.8, 4) is 0 Å². The molecule has 0 amide bonds. The molecule has 2 bridgehead atoms. The number of hydrogen-bond acceptors (Lipinski definition) is 5. The van der Waals surface area contributed by atoms with Crippen LogP contribution in [0.4, 0.5) is 0 Å². The van der Waals surface area contributed by atoms with Crippen molar-refractivity contribution >= 4 is 10.8 Å². The molecular formula is C31H37N3O2. The van der Waals surface area contributed by atoms with Crippen molar-refractivity contribution in [1.29, 1.82) is 0 Å². The quantitative estimate of drug-likeness (QED) is 0.660. The largest absolute Gasteiger partial charge is 0.388 e. The van der Waals surface area contributed by atoms with Gasteiger partial charge < -0.3 is 15.6 Å². The van der Waals surface area contributed by atoms with Crippen LogP contribution in [0.1, 0.15) is 63.4 Å². The summed E-state index contributed by atoms with van der Waals surface area (Å²) in [5.41, 5.74) is 9.69. The number of aliphatic hydroxyl groups is 1. The van der Waals surface area contributed by atoms with Gasteiger partial charge in [0.1, 0.15) is 11.7 Å². The van der Waals surface area contributed by atoms with E-state index in [4.69, 9.17) is 10.5 Å². The Balaban J connectivity index is 1.16. The van der Waals surface area contributed by atoms with Gasteiger partial charge in [0.25, 0.3) is 0 Å². The Kier molecular flexibility index (Phi) is 4.45. The van der Waals surface area contributed by atoms with Crippen molar-refractivity contribution in [3.05, 3.63) is 65.5 Å². The van der Waals surface area contributed by atoms with Gasteiger partial charge in [-0.2, -0.15) is 0 Å². The van der Waals surface area contributed by atoms with Crippen molar-refractivity contribution in [3.63, 3.8) is 0 Å². The molecule has 2 saturated heterocycles. The molecule has 7 atom stereocenters. The Morgan fingerprint density at radius 3 is 2.81 bits per heavy atom. The third-order valence-corrected chi connectivity index (χ3v) is 11.3. The predicted molar refractivity (Wildman–Crippen MR) is 140 cm³/mol. The number of fused-ring (bicyclic) bond motifs is 2. The maximum Gasteiger partial charge on any atom is 0.118 e. The van der Waals surface area contributed by atoms with E-state index < -0.39 is 11.7 Å². The molecule has 1 aromatic heterocycles. The number of benzene rings is 1. The fourth-order valence-corrected chi connectivity index (χ4v) is 9.48. The Morgan fingerprint density at radius 1 is 1.08 bits per heavy atom. The molecule has 1 aromatic carbocycles. The number of likely N-dealkylation sites (tertiary alicyclic amines) is 1. The minimum absolute atomic E-state index is 0.152. The van der Waals surface area contributed by atoms with E-state index in [0.717, 1.165) is 45.2 Å². The van der Waals surface area contributed by atoms with E-state index in [-0.39, 0.29) is 23.1 Å². The van der Waals surface area contributed by atoms with Crippen LogP contribution in [0, 0.1) is 11.3 Å². The van der Waals surface area contributed by atoms with Gasteiger partial charge >= 0.3 is 0 Å². The number of allylic oxidation sites excluding steroid dienone is 1. The van der Waals surface area contributed by atoms with E-state index in [1.54, 1.807) is 0 Å². The standard InChI is InChI=1S/C31H37N3O2/c1-29-10-8-23-15-22-4-6-26(34-17-24(32)18-34)28(35)31(22)12-11-30(23,36-31)27(29)7-5-25(29)20-3-2-19-9-13-33-16-21(19)14-20/h2-3,8-9,13-16,24-28,35H,4-7,10-12,17-18,32H2,1H3/t25-,26-,27-,28+,29-,30?,31+/m1/s1. The molecule has 2 spiro atoms. The van der Waals surface area contributed by atoms with Crippen LogP contribution in [-0.4, -0.2) is 57.5 Å². The molecule has 2 aromatic rings. The Labute approximate surface area is 213 Å². The highest BCUT2D eigenvalue weighted by Gasteiger charge is 2.69. The Bertz CT molecular complexity index is 1310. The van der Waals surface area contributed by atoms with Crippen molar-refractivity contribution in [2.45, 2.75) is 87.2 Å². The third-order valence-electron chi connectivity index (χ3n) is 11.3. The van der Waals surface area contributed by atoms with E-state index >= 15 is 0 Å². The van der Waals surface area contributed by atoms with E-state index in [1.807, 2.05) is 12.4 Å². The molecule has 5 nitrogen and oxygen atoms in total. The molecule has 6 aliphatic rings. The first kappa shape index (κ1) is 22.0. The topological polar surface area (TPSA) is 71.6 Å². The van der Waals surface area contributed by atoms with Crippen molar-refractivity contribution < 1.29 is 9.84 Å². The zero-order valence-corrected chi connectivity index (χ0v) is 21.2. The van der Waals surface area contributed by atoms with E-state index in [9.17, 15) is 5.11 Å². The highest BCUT2D eigenvalue weighted by atomic mass is 16.5. The molecule has 3 N–H and O–H groups in total. The molecular weight excluding hydrogens is 446 g/mol. The lowest BCUT2D eigenvalue weighted by atomic mass is 9.58. The number of aliphatic hydroxyl groups excluding tert-OH is 1. The average Bonchev–Trinajstić information content (AvgIpc) is 3.39. The molecule has 0 radical (unpaired) electrons. The molecule has 188 valence electrons. The number of nitrogens with zero attached hydrogens (tertiary/aromatic N) is 2. The lowest BCUT2D eigenvalue weighted by Gasteiger charge is -2.57. The fourth-order valence-electron chi connectivity index (χ4n) is 9.48. The summed E-state index contributed by atoms with van der Waals surface area (Å²) in [6, 6.07) is 9.51. The maximum atomic E-state index is 11.8. The summed E-state index contributed by atoms with van der Waals surface area (Å²) in [7, 11) is 0. The molecule has 1 unspecified atom stereocenters. The summed E-state index contributed by atoms with van der Waals surface area (Å²) in [5, 5.41) is 14.3. The number of hydrogen-bond donors (Lipinski definition) is 2. The molecule has 8 rings (SSSR count). The molecule has 2 saturated carbocycles. The summed E-state index contributed by atoms with van der Waals surface area (Å²) >= 11 is 0. The monoisotopic (exact) mass is 483 g/mol. The van der Waals surface area contributed by atoms with E-state index in [1.165, 1.54) is 40.3 Å². The van der Waals surface area contributed by atoms with Gasteiger partial charge in [0.05, 0.1) is 5.60 Å². The van der Waals surface area contributed by atoms with Crippen molar-refractivity contribution in [2.24, 2.45) is 17.1 Å². The highest BCUT2D eigenvalue weighted by Crippen LogP contribution is 2.69. The molecule has 3 aliphatic carbocycles. The van der Waals surface area contributed by atoms with E-state index in [2.05, 4.69) is 53.2 Å². The maximum absolute atomic E-state index is 11.8. The lowest BCUT2D eigenvalue weighted by Crippen LogP contribution is -2.68. The van der Waals surface area contributed by atoms with Crippen LogP contribution in [0.25, 0.3) is 10.8 Å². The summed E-state index contributed by atoms with van der Waals surface area (Å²) in [6.07, 6.45) is 15.8. The molecule has 3 aliphatic heterocycles. The van der Waals surface area contributed by atoms with Crippen LogP contribution in [0.15, 0.2) is 60.0 Å². The second kappa shape index (κ2) is 7.28. The number of aromatic nitrogens is 1. The number of rotatable bonds is 2. The first-order chi connectivity index (χ1) is 17.4. The van der Waals surface area contributed by atoms with Crippen molar-refractivity contribution in [2.75, 3.05) is 13.1 Å². The zero-order chi connectivity index (χ0) is 24.3. The van der Waals surface area contributed by atoms with Gasteiger partial charge in [0, 0.05) is 43.0 Å². The number of ether oxygens (including phenoxy) is 1. The van der Waals surface area contributed by atoms with E-state index in [0.29, 0.717) is 11.8 Å². The summed E-state index contributed by atoms with van der Waals surface area (Å²) in [4.78, 5) is 6.77. The van der Waals surface area contributed by atoms with Crippen LogP contribution in [0.3, 0.4) is 0 Å². The Hall–Kier alpha value is -2.05. The van der Waals surface area contributed by atoms with Crippen molar-refractivity contribution in [1.82, 2.24) is 9.88 Å². The fraction of sp³-hybridized carbons (Fsp3) is 0.581. The van der Waals surface area contributed by atoms with Gasteiger partial charge in [-0.15, -0.1) is 0 Å². The number of pyridine rings is 1. The summed E-state index contributed by atoms with van der Waals surface area (Å²) < 4.78 is 7.35. The second-order valence-corrected chi connectivity index (χ2v) is 12.8. The average molecular weight is 484 g/mol. The van der Waals surface area contributed by atoms with Gasteiger partial charge in [0.15, 0.2) is 0 Å². The van der Waals surface area contributed by atoms with Crippen LogP contribution in [-0.2, 0) is 4.74 Å². The molecule has 4 heterocycles. The zero-order valence-electron chi connectivity index (χ0n) is 21.2. The van der Waals surface area contributed by atoms with Crippen LogP contribution in [0.2, 0.25) is 0 Å². The van der Waals surface area contributed by atoms with Gasteiger partial charge in [0.2, 0.25) is 0 Å². The van der Waals surface area contributed by atoms with Gasteiger partial charge in [-0.1, -0.05) is 31.2 Å². The van der Waals surface area contributed by atoms with Gasteiger partial charge in [-0.25, -0.2) is 0 Å². The SMILES string of the molecule is C[C@]12CC=C3C=C4CC[C@@H](N5CC(N)C5)[C@H](O)[C@]45CCC3(O5)[C@@H]1CC[C@@H]2c1ccc2ccncc2c1. The second-order valence-electron chi connectivity index (χ2n) is 12.8. The van der Waals surface area contributed by atoms with Gasteiger partial charge in [-0.05, 0) is 96.4 Å². The molecule has 4 fully saturated rings. The predicted octanol–water partition coefficient (Wildman–Crippen LogP) is 4.46. The first-order valence-corrected chi connectivity index (χ1v) is 14.1. The Morgan fingerprint density at radius 2 is 1.94 bits per heavy atom. The minimum atomic E-state index is -0.509. The lowest BCUT2D eigenvalue weighted by molar-refractivity contribution is -0.189. The molecule has 36 heavy (non-hydrogen) atoms. The number of nitrogens with two attached hydrogens (primary N) is 1. The summed E-state index contributed by atoms with van der Waals surface area (Å²) in [5.74, 6) is 0.984. The smallest absolute Gasteiger partial charge is 0.118 e. The minimum Gasteiger partial charge on any atom is -0.388 e. The summed E-state index contributed by atoms with van der Waals surface area (Å²) in [6.45, 7) is 4.31. The third kappa shape index (κ3) is 2.68. The van der Waals surface area contributed by atoms with Crippen LogP contribution < -0.4 is 5.73 Å². The van der Waals surface area contributed by atoms with Gasteiger partial charge in [-0.3, -0.25) is 9.88 Å². The normalized spacial score (nSPS) is 43.9. The first-order valence-electron chi connectivity index (χ1n) is 14.1. The van der Waals surface area contributed by atoms with Crippen LogP contribution >= 0.6 is 0 Å².